The molecule has 1 atom stereocenters. The standard InChI is InChI=1S/C35H53N3O3/c1-4-20-35(3,37-21-18-29(19-22-37)41-30-17-16-27-11-9-12-28(27)25-30)26-38-32-14-10-13-31(32)34(36-38)33(39)15-7-6-8-24-40-23-5-2/h16-17,25,29H,4-15,18-24,26H2,1-3H3. The van der Waals surface area contributed by atoms with E-state index in [-0.39, 0.29) is 17.4 Å². The van der Waals surface area contributed by atoms with Crippen LogP contribution in [0.5, 0.6) is 5.75 Å². The van der Waals surface area contributed by atoms with Crippen LogP contribution in [0.25, 0.3) is 0 Å². The van der Waals surface area contributed by atoms with Crippen molar-refractivity contribution in [1.82, 2.24) is 14.7 Å². The molecule has 5 rings (SSSR count). The van der Waals surface area contributed by atoms with Crippen molar-refractivity contribution in [1.29, 1.82) is 0 Å². The number of hydrogen-bond acceptors (Lipinski definition) is 5. The number of ketones is 1. The zero-order chi connectivity index (χ0) is 28.7. The Labute approximate surface area is 248 Å². The van der Waals surface area contributed by atoms with E-state index in [4.69, 9.17) is 14.6 Å². The number of hydrogen-bond donors (Lipinski definition) is 0. The summed E-state index contributed by atoms with van der Waals surface area (Å²) in [5, 5.41) is 5.02. The van der Waals surface area contributed by atoms with Crippen molar-refractivity contribution in [2.24, 2.45) is 0 Å². The lowest BCUT2D eigenvalue weighted by Crippen LogP contribution is -2.54. The second-order valence-electron chi connectivity index (χ2n) is 13.0. The summed E-state index contributed by atoms with van der Waals surface area (Å²) in [5.41, 5.74) is 6.33. The zero-order valence-corrected chi connectivity index (χ0v) is 26.0. The number of fused-ring (bicyclic) bond motifs is 2. The van der Waals surface area contributed by atoms with Gasteiger partial charge in [0.1, 0.15) is 17.5 Å². The minimum Gasteiger partial charge on any atom is -0.490 e. The first-order valence-corrected chi connectivity index (χ1v) is 16.7. The minimum absolute atomic E-state index is 0.0223. The molecule has 1 fully saturated rings. The molecule has 1 saturated heterocycles. The summed E-state index contributed by atoms with van der Waals surface area (Å²) in [7, 11) is 0. The van der Waals surface area contributed by atoms with Gasteiger partial charge in [-0.3, -0.25) is 14.4 Å². The summed E-state index contributed by atoms with van der Waals surface area (Å²) in [4.78, 5) is 15.9. The van der Waals surface area contributed by atoms with E-state index in [1.54, 1.807) is 0 Å². The first-order valence-electron chi connectivity index (χ1n) is 16.7. The number of carbonyl (C=O) groups excluding carboxylic acids is 1. The van der Waals surface area contributed by atoms with Crippen LogP contribution in [-0.4, -0.2) is 58.4 Å². The molecule has 226 valence electrons. The van der Waals surface area contributed by atoms with Gasteiger partial charge in [-0.2, -0.15) is 5.10 Å². The largest absolute Gasteiger partial charge is 0.490 e. The number of nitrogens with zero attached hydrogens (tertiary/aromatic N) is 3. The van der Waals surface area contributed by atoms with Gasteiger partial charge in [0.05, 0.1) is 6.54 Å². The molecule has 6 heteroatoms. The van der Waals surface area contributed by atoms with Crippen LogP contribution in [0.3, 0.4) is 0 Å². The Morgan fingerprint density at radius 3 is 2.59 bits per heavy atom. The second-order valence-corrected chi connectivity index (χ2v) is 13.0. The van der Waals surface area contributed by atoms with E-state index >= 15 is 0 Å². The first kappa shape index (κ1) is 30.3. The average Bonchev–Trinajstić information content (AvgIpc) is 3.71. The van der Waals surface area contributed by atoms with E-state index in [0.717, 1.165) is 115 Å². The molecule has 1 aromatic heterocycles. The molecule has 3 aliphatic rings. The first-order chi connectivity index (χ1) is 20.0. The van der Waals surface area contributed by atoms with Crippen LogP contribution < -0.4 is 4.74 Å². The van der Waals surface area contributed by atoms with Crippen LogP contribution in [-0.2, 0) is 37.0 Å². The third-order valence-electron chi connectivity index (χ3n) is 9.67. The molecule has 1 aromatic carbocycles. The molecule has 0 amide bonds. The number of likely N-dealkylation sites (tertiary alicyclic amines) is 1. The Hall–Kier alpha value is -2.18. The van der Waals surface area contributed by atoms with Crippen LogP contribution in [0.2, 0.25) is 0 Å². The lowest BCUT2D eigenvalue weighted by atomic mass is 9.90. The van der Waals surface area contributed by atoms with Gasteiger partial charge in [0.2, 0.25) is 0 Å². The molecule has 1 aliphatic heterocycles. The van der Waals surface area contributed by atoms with Gasteiger partial charge in [-0.1, -0.05) is 32.8 Å². The van der Waals surface area contributed by atoms with Crippen LogP contribution in [0.15, 0.2) is 18.2 Å². The second kappa shape index (κ2) is 14.3. The van der Waals surface area contributed by atoms with Crippen LogP contribution in [0.4, 0.5) is 0 Å². The van der Waals surface area contributed by atoms with Crippen molar-refractivity contribution in [3.8, 4) is 5.75 Å². The lowest BCUT2D eigenvalue weighted by Gasteiger charge is -2.45. The molecular weight excluding hydrogens is 510 g/mol. The van der Waals surface area contributed by atoms with E-state index in [1.165, 1.54) is 41.6 Å². The van der Waals surface area contributed by atoms with Crippen molar-refractivity contribution in [3.05, 3.63) is 46.3 Å². The van der Waals surface area contributed by atoms with E-state index in [1.807, 2.05) is 0 Å². The molecule has 2 aromatic rings. The Morgan fingerprint density at radius 2 is 1.78 bits per heavy atom. The van der Waals surface area contributed by atoms with Gasteiger partial charge < -0.3 is 9.47 Å². The van der Waals surface area contributed by atoms with Crippen molar-refractivity contribution in [3.63, 3.8) is 0 Å². The van der Waals surface area contributed by atoms with Crippen LogP contribution in [0, 0.1) is 0 Å². The SMILES string of the molecule is CCCOCCCCCC(=O)c1nn(CC(C)(CCC)N2CCC(Oc3ccc4c(c3)CCC4)CC2)c2c1CCC2. The fourth-order valence-corrected chi connectivity index (χ4v) is 7.42. The average molecular weight is 564 g/mol. The van der Waals surface area contributed by atoms with Gasteiger partial charge in [0.25, 0.3) is 0 Å². The number of aryl methyl sites for hydroxylation is 2. The molecule has 0 N–H and O–H groups in total. The number of Topliss-reactive ketones (excluding diaryl/α,β-unsaturated/α-hetero) is 1. The summed E-state index contributed by atoms with van der Waals surface area (Å²) in [6, 6.07) is 6.74. The maximum absolute atomic E-state index is 13.3. The smallest absolute Gasteiger partial charge is 0.183 e. The quantitative estimate of drug-likeness (QED) is 0.161. The maximum atomic E-state index is 13.3. The van der Waals surface area contributed by atoms with E-state index in [0.29, 0.717) is 6.42 Å². The number of carbonyl (C=O) groups is 1. The predicted molar refractivity (Wildman–Crippen MR) is 165 cm³/mol. The number of piperidine rings is 1. The number of unbranched alkanes of at least 4 members (excludes halogenated alkanes) is 2. The Balaban J connectivity index is 1.18. The molecule has 1 unspecified atom stereocenters. The molecule has 2 heterocycles. The van der Waals surface area contributed by atoms with Crippen molar-refractivity contribution in [2.45, 2.75) is 135 Å². The van der Waals surface area contributed by atoms with Gasteiger partial charge in [-0.25, -0.2) is 0 Å². The number of ether oxygens (including phenoxy) is 2. The normalized spacial score (nSPS) is 18.8. The summed E-state index contributed by atoms with van der Waals surface area (Å²) in [6.07, 6.45) is 16.2. The fraction of sp³-hybridized carbons (Fsp3) is 0.714. The van der Waals surface area contributed by atoms with E-state index < -0.39 is 0 Å². The zero-order valence-electron chi connectivity index (χ0n) is 26.0. The van der Waals surface area contributed by atoms with Gasteiger partial charge in [-0.05, 0) is 107 Å². The summed E-state index contributed by atoms with van der Waals surface area (Å²) >= 11 is 0. The van der Waals surface area contributed by atoms with Gasteiger partial charge in [-0.15, -0.1) is 0 Å². The number of benzene rings is 1. The van der Waals surface area contributed by atoms with Crippen LogP contribution >= 0.6 is 0 Å². The summed E-state index contributed by atoms with van der Waals surface area (Å²) < 4.78 is 14.3. The van der Waals surface area contributed by atoms with Gasteiger partial charge in [0.15, 0.2) is 5.78 Å². The van der Waals surface area contributed by atoms with E-state index in [2.05, 4.69) is 48.6 Å². The highest BCUT2D eigenvalue weighted by molar-refractivity contribution is 5.96. The summed E-state index contributed by atoms with van der Waals surface area (Å²) in [5.74, 6) is 1.28. The molecule has 0 spiro atoms. The van der Waals surface area contributed by atoms with Crippen molar-refractivity contribution in [2.75, 3.05) is 26.3 Å². The molecule has 0 saturated carbocycles. The van der Waals surface area contributed by atoms with E-state index in [9.17, 15) is 4.79 Å². The highest BCUT2D eigenvalue weighted by Gasteiger charge is 2.37. The minimum atomic E-state index is 0.0223. The molecule has 2 aliphatic carbocycles. The summed E-state index contributed by atoms with van der Waals surface area (Å²) in [6.45, 7) is 11.4. The van der Waals surface area contributed by atoms with Crippen molar-refractivity contribution < 1.29 is 14.3 Å². The molecular formula is C35H53N3O3. The lowest BCUT2D eigenvalue weighted by molar-refractivity contribution is 0.0156. The fourth-order valence-electron chi connectivity index (χ4n) is 7.42. The van der Waals surface area contributed by atoms with Crippen LogP contribution in [0.1, 0.15) is 124 Å². The van der Waals surface area contributed by atoms with Gasteiger partial charge >= 0.3 is 0 Å². The monoisotopic (exact) mass is 563 g/mol. The molecule has 6 nitrogen and oxygen atoms in total. The Kier molecular flexibility index (Phi) is 10.6. The molecule has 41 heavy (non-hydrogen) atoms. The van der Waals surface area contributed by atoms with Crippen molar-refractivity contribution >= 4 is 5.78 Å². The highest BCUT2D eigenvalue weighted by Crippen LogP contribution is 2.33. The predicted octanol–water partition coefficient (Wildman–Crippen LogP) is 7.13. The topological polar surface area (TPSA) is 56.6 Å². The highest BCUT2D eigenvalue weighted by atomic mass is 16.5. The molecule has 0 radical (unpaired) electrons. The number of rotatable bonds is 16. The molecule has 0 bridgehead atoms. The third kappa shape index (κ3) is 7.43. The third-order valence-corrected chi connectivity index (χ3v) is 9.67. The van der Waals surface area contributed by atoms with Gasteiger partial charge in [0, 0.05) is 49.5 Å². The number of aromatic nitrogens is 2. The Morgan fingerprint density at radius 1 is 0.976 bits per heavy atom. The Bertz CT molecular complexity index is 1150. The maximum Gasteiger partial charge on any atom is 0.183 e.